The van der Waals surface area contributed by atoms with E-state index in [2.05, 4.69) is 20.9 Å². The summed E-state index contributed by atoms with van der Waals surface area (Å²) in [6, 6.07) is 0.687. The zero-order valence-corrected chi connectivity index (χ0v) is 22.5. The number of nitrogens with zero attached hydrogens (tertiary/aromatic N) is 1. The molecule has 2 atom stereocenters. The number of rotatable bonds is 25. The van der Waals surface area contributed by atoms with Crippen molar-refractivity contribution in [2.24, 2.45) is 5.73 Å². The first kappa shape index (κ1) is 32.8. The minimum absolute atomic E-state index is 0.249. The molecule has 0 radical (unpaired) electrons. The van der Waals surface area contributed by atoms with Crippen molar-refractivity contribution in [2.45, 2.75) is 38.0 Å². The SMILES string of the molecule is CCC(O)CN(CCNCCNCCNCCN)CC(O)COCCC[SiH-](OC)(OC)OC. The molecule has 0 heterocycles. The standard InChI is InChI=1S/C21H52N5O6Si/c1-5-20(27)17-26(14-13-25-12-11-24-10-9-23-8-7-22)18-21(28)19-32-15-6-16-33(29-2,30-3)31-4/h20-21,23-25,27-28,33H,5-19,22H2,1-4H3/q-1. The Labute approximate surface area is 202 Å². The van der Waals surface area contributed by atoms with E-state index in [4.69, 9.17) is 23.7 Å². The predicted octanol–water partition coefficient (Wildman–Crippen LogP) is -1.84. The second-order valence-electron chi connectivity index (χ2n) is 8.23. The van der Waals surface area contributed by atoms with Crippen LogP contribution in [0.3, 0.4) is 0 Å². The van der Waals surface area contributed by atoms with Crippen molar-refractivity contribution in [3.63, 3.8) is 0 Å². The summed E-state index contributed by atoms with van der Waals surface area (Å²) in [5.74, 6) is 0. The van der Waals surface area contributed by atoms with Crippen LogP contribution in [0, 0.1) is 0 Å². The molecule has 33 heavy (non-hydrogen) atoms. The molecular formula is C21H52N5O6Si-. The Hall–Kier alpha value is -0.223. The molecule has 0 saturated heterocycles. The molecule has 11 nitrogen and oxygen atoms in total. The fraction of sp³-hybridized carbons (Fsp3) is 1.00. The van der Waals surface area contributed by atoms with Crippen LogP contribution >= 0.6 is 0 Å². The summed E-state index contributed by atoms with van der Waals surface area (Å²) >= 11 is 0. The molecule has 0 aliphatic carbocycles. The van der Waals surface area contributed by atoms with Gasteiger partial charge in [0.1, 0.15) is 0 Å². The molecule has 0 aromatic carbocycles. The quantitative estimate of drug-likeness (QED) is 0.0625. The number of ether oxygens (including phenoxy) is 1. The normalized spacial score (nSPS) is 14.7. The van der Waals surface area contributed by atoms with Crippen LogP contribution in [0.4, 0.5) is 0 Å². The molecule has 0 aliphatic heterocycles. The fourth-order valence-corrected chi connectivity index (χ4v) is 5.35. The van der Waals surface area contributed by atoms with Crippen LogP contribution in [0.15, 0.2) is 0 Å². The van der Waals surface area contributed by atoms with Gasteiger partial charge in [0.2, 0.25) is 0 Å². The number of aliphatic hydroxyl groups excluding tert-OH is 2. The van der Waals surface area contributed by atoms with Crippen LogP contribution in [0.2, 0.25) is 6.04 Å². The first-order chi connectivity index (χ1) is 16.0. The Balaban J connectivity index is 4.07. The maximum absolute atomic E-state index is 10.4. The Morgan fingerprint density at radius 1 is 0.848 bits per heavy atom. The summed E-state index contributed by atoms with van der Waals surface area (Å²) < 4.78 is 21.9. The van der Waals surface area contributed by atoms with Gasteiger partial charge in [0, 0.05) is 32.7 Å². The van der Waals surface area contributed by atoms with Gasteiger partial charge in [-0.1, -0.05) is 0 Å². The molecule has 0 bridgehead atoms. The number of hydrogen-bond donors (Lipinski definition) is 6. The molecular weight excluding hydrogens is 446 g/mol. The van der Waals surface area contributed by atoms with E-state index < -0.39 is 21.0 Å². The van der Waals surface area contributed by atoms with Crippen molar-refractivity contribution in [3.8, 4) is 0 Å². The molecule has 0 spiro atoms. The van der Waals surface area contributed by atoms with E-state index in [-0.39, 0.29) is 6.61 Å². The summed E-state index contributed by atoms with van der Waals surface area (Å²) in [5.41, 5.74) is 5.44. The van der Waals surface area contributed by atoms with E-state index in [1.165, 1.54) is 0 Å². The zero-order valence-electron chi connectivity index (χ0n) is 21.4. The van der Waals surface area contributed by atoms with E-state index in [0.29, 0.717) is 38.7 Å². The van der Waals surface area contributed by atoms with E-state index in [1.54, 1.807) is 21.3 Å². The number of nitrogens with one attached hydrogen (secondary N) is 3. The molecule has 0 fully saturated rings. The van der Waals surface area contributed by atoms with Crippen molar-refractivity contribution in [1.82, 2.24) is 20.9 Å². The molecule has 0 aliphatic rings. The molecule has 2 unspecified atom stereocenters. The van der Waals surface area contributed by atoms with Gasteiger partial charge in [0.25, 0.3) is 0 Å². The third-order valence-corrected chi connectivity index (χ3v) is 8.80. The molecule has 7 N–H and O–H groups in total. The van der Waals surface area contributed by atoms with Gasteiger partial charge in [0.05, 0.1) is 0 Å². The van der Waals surface area contributed by atoms with Crippen LogP contribution in [0.1, 0.15) is 19.8 Å². The summed E-state index contributed by atoms with van der Waals surface area (Å²) in [6.07, 6.45) is 0.404. The zero-order chi connectivity index (χ0) is 24.8. The van der Waals surface area contributed by atoms with Crippen molar-refractivity contribution in [2.75, 3.05) is 100.0 Å². The molecule has 0 aromatic rings. The maximum atomic E-state index is 10.4. The van der Waals surface area contributed by atoms with Gasteiger partial charge in [0.15, 0.2) is 0 Å². The van der Waals surface area contributed by atoms with Crippen LogP contribution in [-0.4, -0.2) is 136 Å². The van der Waals surface area contributed by atoms with Crippen LogP contribution in [0.5, 0.6) is 0 Å². The van der Waals surface area contributed by atoms with Gasteiger partial charge >= 0.3 is 153 Å². The van der Waals surface area contributed by atoms with Crippen molar-refractivity contribution in [1.29, 1.82) is 0 Å². The van der Waals surface area contributed by atoms with Gasteiger partial charge in [-0.15, -0.1) is 0 Å². The first-order valence-electron chi connectivity index (χ1n) is 12.3. The third kappa shape index (κ3) is 17.8. The number of hydrogen-bond acceptors (Lipinski definition) is 11. The van der Waals surface area contributed by atoms with Crippen molar-refractivity contribution in [3.05, 3.63) is 0 Å². The molecule has 12 heteroatoms. The number of aliphatic hydroxyl groups is 2. The summed E-state index contributed by atoms with van der Waals surface area (Å²) in [6.45, 7) is 10.3. The van der Waals surface area contributed by atoms with Crippen molar-refractivity contribution < 1.29 is 28.2 Å². The number of nitrogens with two attached hydrogens (primary N) is 1. The van der Waals surface area contributed by atoms with E-state index in [0.717, 1.165) is 52.2 Å². The summed E-state index contributed by atoms with van der Waals surface area (Å²) in [5, 5.41) is 30.5. The summed E-state index contributed by atoms with van der Waals surface area (Å²) in [4.78, 5) is 2.08. The Morgan fingerprint density at radius 2 is 1.39 bits per heavy atom. The van der Waals surface area contributed by atoms with Crippen LogP contribution in [-0.2, 0) is 18.0 Å². The van der Waals surface area contributed by atoms with E-state index >= 15 is 0 Å². The minimum atomic E-state index is -2.88. The topological polar surface area (TPSA) is 143 Å². The second kappa shape index (κ2) is 22.3. The third-order valence-electron chi connectivity index (χ3n) is 5.53. The van der Waals surface area contributed by atoms with Gasteiger partial charge in [-0.25, -0.2) is 0 Å². The Morgan fingerprint density at radius 3 is 1.94 bits per heavy atom. The van der Waals surface area contributed by atoms with Crippen molar-refractivity contribution >= 4 is 8.80 Å². The predicted molar refractivity (Wildman–Crippen MR) is 135 cm³/mol. The molecule has 0 rings (SSSR count). The van der Waals surface area contributed by atoms with E-state index in [9.17, 15) is 10.2 Å². The Kier molecular flexibility index (Phi) is 22.1. The van der Waals surface area contributed by atoms with Gasteiger partial charge in [-0.2, -0.15) is 0 Å². The molecule has 202 valence electrons. The van der Waals surface area contributed by atoms with E-state index in [1.807, 2.05) is 6.92 Å². The average molecular weight is 499 g/mol. The Bertz CT molecular complexity index is 418. The van der Waals surface area contributed by atoms with Gasteiger partial charge < -0.3 is 16.4 Å². The van der Waals surface area contributed by atoms with Gasteiger partial charge in [-0.3, -0.25) is 0 Å². The van der Waals surface area contributed by atoms with Gasteiger partial charge in [-0.05, 0) is 0 Å². The average Bonchev–Trinajstić information content (AvgIpc) is 2.82. The molecule has 0 saturated carbocycles. The first-order valence-corrected chi connectivity index (χ1v) is 14.5. The second-order valence-corrected chi connectivity index (χ2v) is 11.8. The molecule has 0 aromatic heterocycles. The van der Waals surface area contributed by atoms with Crippen LogP contribution < -0.4 is 21.7 Å². The summed E-state index contributed by atoms with van der Waals surface area (Å²) in [7, 11) is 1.94. The fourth-order valence-electron chi connectivity index (χ4n) is 3.40. The van der Waals surface area contributed by atoms with Crippen LogP contribution in [0.25, 0.3) is 0 Å². The monoisotopic (exact) mass is 498 g/mol. The molecule has 0 amide bonds.